The van der Waals surface area contributed by atoms with Crippen LogP contribution < -0.4 is 5.32 Å². The van der Waals surface area contributed by atoms with Crippen LogP contribution in [0, 0.1) is 0 Å². The lowest BCUT2D eigenvalue weighted by atomic mass is 9.98. The number of carbonyl (C=O) groups excluding carboxylic acids is 1. The first-order valence-corrected chi connectivity index (χ1v) is 10.1. The molecule has 0 bridgehead atoms. The number of carbonyl (C=O) groups is 1. The zero-order valence-electron chi connectivity index (χ0n) is 15.6. The van der Waals surface area contributed by atoms with Gasteiger partial charge in [-0.1, -0.05) is 20.8 Å². The van der Waals surface area contributed by atoms with Crippen LogP contribution >= 0.6 is 11.3 Å². The molecule has 0 radical (unpaired) electrons. The Bertz CT molecular complexity index is 570. The molecule has 3 heterocycles. The zero-order chi connectivity index (χ0) is 17.9. The molecule has 2 aliphatic rings. The van der Waals surface area contributed by atoms with Crippen LogP contribution in [-0.4, -0.2) is 72.7 Å². The largest absolute Gasteiger partial charge is 0.378 e. The van der Waals surface area contributed by atoms with E-state index in [1.165, 1.54) is 5.01 Å². The van der Waals surface area contributed by atoms with E-state index in [0.717, 1.165) is 51.6 Å². The summed E-state index contributed by atoms with van der Waals surface area (Å²) in [6.45, 7) is 13.2. The van der Waals surface area contributed by atoms with Gasteiger partial charge < -0.3 is 15.0 Å². The highest BCUT2D eigenvalue weighted by Gasteiger charge is 2.25. The molecule has 0 aliphatic carbocycles. The second kappa shape index (κ2) is 8.12. The minimum Gasteiger partial charge on any atom is -0.378 e. The first kappa shape index (κ1) is 18.8. The van der Waals surface area contributed by atoms with E-state index in [1.54, 1.807) is 11.3 Å². The van der Waals surface area contributed by atoms with Gasteiger partial charge in [0.05, 0.1) is 23.9 Å². The Labute approximate surface area is 154 Å². The van der Waals surface area contributed by atoms with E-state index in [0.29, 0.717) is 13.0 Å². The molecule has 3 rings (SSSR count). The number of nitrogens with zero attached hydrogens (tertiary/aromatic N) is 3. The van der Waals surface area contributed by atoms with Crippen LogP contribution in [0.2, 0.25) is 0 Å². The molecule has 1 aromatic rings. The van der Waals surface area contributed by atoms with Crippen LogP contribution in [0.4, 0.5) is 0 Å². The Balaban J connectivity index is 1.43. The maximum atomic E-state index is 12.4. The molecule has 0 aromatic carbocycles. The molecule has 1 N–H and O–H groups in total. The lowest BCUT2D eigenvalue weighted by Gasteiger charge is -2.35. The van der Waals surface area contributed by atoms with Crippen molar-refractivity contribution in [3.63, 3.8) is 0 Å². The molecule has 140 valence electrons. The predicted molar refractivity (Wildman–Crippen MR) is 99.9 cm³/mol. The summed E-state index contributed by atoms with van der Waals surface area (Å²) in [7, 11) is 0. The average Bonchev–Trinajstić information content (AvgIpc) is 3.05. The number of thiazole rings is 1. The van der Waals surface area contributed by atoms with Crippen LogP contribution in [-0.2, 0) is 21.5 Å². The highest BCUT2D eigenvalue weighted by Crippen LogP contribution is 2.26. The fourth-order valence-corrected chi connectivity index (χ4v) is 4.10. The average molecular weight is 367 g/mol. The molecule has 1 atom stereocenters. The summed E-state index contributed by atoms with van der Waals surface area (Å²) in [6, 6.07) is 0.171. The van der Waals surface area contributed by atoms with E-state index in [2.05, 4.69) is 36.4 Å². The molecule has 1 amide bonds. The monoisotopic (exact) mass is 366 g/mol. The van der Waals surface area contributed by atoms with Crippen molar-refractivity contribution in [2.45, 2.75) is 45.2 Å². The number of nitrogens with one attached hydrogen (secondary N) is 1. The third-order valence-corrected chi connectivity index (χ3v) is 6.04. The van der Waals surface area contributed by atoms with Gasteiger partial charge in [-0.25, -0.2) is 4.98 Å². The Morgan fingerprint density at radius 2 is 2.12 bits per heavy atom. The van der Waals surface area contributed by atoms with Gasteiger partial charge in [0, 0.05) is 62.5 Å². The van der Waals surface area contributed by atoms with E-state index in [-0.39, 0.29) is 17.4 Å². The van der Waals surface area contributed by atoms with E-state index in [9.17, 15) is 4.79 Å². The van der Waals surface area contributed by atoms with Crippen molar-refractivity contribution < 1.29 is 9.53 Å². The smallest absolute Gasteiger partial charge is 0.224 e. The SMILES string of the molecule is CC(C)(C)c1nc(CN2CCN(C(=O)CC3COCCN3)CC2)cs1. The van der Waals surface area contributed by atoms with Gasteiger partial charge in [0.2, 0.25) is 5.91 Å². The van der Waals surface area contributed by atoms with Crippen molar-refractivity contribution in [1.29, 1.82) is 0 Å². The zero-order valence-corrected chi connectivity index (χ0v) is 16.4. The van der Waals surface area contributed by atoms with Gasteiger partial charge in [0.1, 0.15) is 0 Å². The standard InChI is InChI=1S/C18H30N4O2S/c1-18(2,3)17-20-15(13-25-17)11-21-5-7-22(8-6-21)16(23)10-14-12-24-9-4-19-14/h13-14,19H,4-12H2,1-3H3. The van der Waals surface area contributed by atoms with Crippen LogP contribution in [0.3, 0.4) is 0 Å². The van der Waals surface area contributed by atoms with Crippen molar-refractivity contribution in [2.75, 3.05) is 45.9 Å². The lowest BCUT2D eigenvalue weighted by molar-refractivity contribution is -0.134. The number of rotatable bonds is 4. The quantitative estimate of drug-likeness (QED) is 0.874. The van der Waals surface area contributed by atoms with Crippen molar-refractivity contribution in [3.8, 4) is 0 Å². The molecule has 1 aromatic heterocycles. The van der Waals surface area contributed by atoms with E-state index < -0.39 is 0 Å². The van der Waals surface area contributed by atoms with Crippen LogP contribution in [0.5, 0.6) is 0 Å². The Morgan fingerprint density at radius 3 is 2.72 bits per heavy atom. The third-order valence-electron chi connectivity index (χ3n) is 4.72. The maximum Gasteiger partial charge on any atom is 0.224 e. The second-order valence-electron chi connectivity index (χ2n) is 7.98. The summed E-state index contributed by atoms with van der Waals surface area (Å²) in [6.07, 6.45) is 0.543. The van der Waals surface area contributed by atoms with Crippen molar-refractivity contribution in [1.82, 2.24) is 20.1 Å². The van der Waals surface area contributed by atoms with Gasteiger partial charge in [-0.2, -0.15) is 0 Å². The number of piperazine rings is 1. The van der Waals surface area contributed by atoms with Crippen LogP contribution in [0.1, 0.15) is 37.9 Å². The number of hydrogen-bond acceptors (Lipinski definition) is 6. The minimum atomic E-state index is 0.116. The number of amides is 1. The summed E-state index contributed by atoms with van der Waals surface area (Å²) in [5.41, 5.74) is 1.27. The number of hydrogen-bond donors (Lipinski definition) is 1. The normalized spacial score (nSPS) is 23.0. The summed E-state index contributed by atoms with van der Waals surface area (Å²) in [4.78, 5) is 21.6. The Hall–Kier alpha value is -1.02. The summed E-state index contributed by atoms with van der Waals surface area (Å²) >= 11 is 1.75. The maximum absolute atomic E-state index is 12.4. The highest BCUT2D eigenvalue weighted by molar-refractivity contribution is 7.09. The fourth-order valence-electron chi connectivity index (χ4n) is 3.20. The van der Waals surface area contributed by atoms with Gasteiger partial charge >= 0.3 is 0 Å². The molecule has 7 heteroatoms. The number of ether oxygens (including phenoxy) is 1. The summed E-state index contributed by atoms with van der Waals surface area (Å²) in [5, 5.41) is 6.72. The predicted octanol–water partition coefficient (Wildman–Crippen LogP) is 1.46. The molecule has 2 fully saturated rings. The minimum absolute atomic E-state index is 0.116. The van der Waals surface area contributed by atoms with Gasteiger partial charge in [-0.3, -0.25) is 9.69 Å². The van der Waals surface area contributed by atoms with Gasteiger partial charge in [0.25, 0.3) is 0 Å². The summed E-state index contributed by atoms with van der Waals surface area (Å²) in [5.74, 6) is 0.242. The van der Waals surface area contributed by atoms with Gasteiger partial charge in [0.15, 0.2) is 0 Å². The molecule has 6 nitrogen and oxygen atoms in total. The molecular weight excluding hydrogens is 336 g/mol. The van der Waals surface area contributed by atoms with E-state index in [4.69, 9.17) is 9.72 Å². The highest BCUT2D eigenvalue weighted by atomic mass is 32.1. The molecule has 25 heavy (non-hydrogen) atoms. The summed E-state index contributed by atoms with van der Waals surface area (Å²) < 4.78 is 5.43. The molecular formula is C18H30N4O2S. The Kier molecular flexibility index (Phi) is 6.09. The first-order chi connectivity index (χ1) is 11.9. The molecule has 0 saturated carbocycles. The first-order valence-electron chi connectivity index (χ1n) is 9.18. The molecule has 1 unspecified atom stereocenters. The molecule has 0 spiro atoms. The topological polar surface area (TPSA) is 57.7 Å². The Morgan fingerprint density at radius 1 is 1.36 bits per heavy atom. The van der Waals surface area contributed by atoms with E-state index >= 15 is 0 Å². The van der Waals surface area contributed by atoms with Crippen molar-refractivity contribution in [2.24, 2.45) is 0 Å². The van der Waals surface area contributed by atoms with Crippen LogP contribution in [0.15, 0.2) is 5.38 Å². The molecule has 2 aliphatic heterocycles. The van der Waals surface area contributed by atoms with Crippen LogP contribution in [0.25, 0.3) is 0 Å². The third kappa shape index (κ3) is 5.23. The lowest BCUT2D eigenvalue weighted by Crippen LogP contribution is -2.51. The second-order valence-corrected chi connectivity index (χ2v) is 8.84. The van der Waals surface area contributed by atoms with Crippen molar-refractivity contribution >= 4 is 17.2 Å². The van der Waals surface area contributed by atoms with Crippen molar-refractivity contribution in [3.05, 3.63) is 16.1 Å². The fraction of sp³-hybridized carbons (Fsp3) is 0.778. The van der Waals surface area contributed by atoms with E-state index in [1.807, 2.05) is 4.90 Å². The van der Waals surface area contributed by atoms with Gasteiger partial charge in [-0.15, -0.1) is 11.3 Å². The number of morpholine rings is 1. The van der Waals surface area contributed by atoms with Gasteiger partial charge in [-0.05, 0) is 0 Å². The number of aromatic nitrogens is 1. The molecule has 2 saturated heterocycles.